The number of carbonyl (C=O) groups is 1. The Labute approximate surface area is 131 Å². The number of thioether (sulfide) groups is 1. The maximum atomic E-state index is 12.5. The van der Waals surface area contributed by atoms with E-state index in [1.54, 1.807) is 0 Å². The summed E-state index contributed by atoms with van der Waals surface area (Å²) in [5.41, 5.74) is 1.19. The van der Waals surface area contributed by atoms with Gasteiger partial charge in [0.1, 0.15) is 5.03 Å². The van der Waals surface area contributed by atoms with Crippen molar-refractivity contribution in [3.05, 3.63) is 52.6 Å². The molecule has 2 heterocycles. The number of amides is 1. The zero-order valence-electron chi connectivity index (χ0n) is 11.4. The van der Waals surface area contributed by atoms with E-state index in [0.717, 1.165) is 0 Å². The number of halogens is 2. The first-order valence-corrected chi connectivity index (χ1v) is 7.25. The Hall–Kier alpha value is -2.68. The van der Waals surface area contributed by atoms with Gasteiger partial charge in [0.15, 0.2) is 5.58 Å². The van der Waals surface area contributed by atoms with Crippen molar-refractivity contribution in [2.45, 2.75) is 10.8 Å². The molecule has 1 aromatic carbocycles. The Bertz CT molecular complexity index is 923. The highest BCUT2D eigenvalue weighted by atomic mass is 32.2. The molecule has 0 saturated carbocycles. The molecular weight excluding hydrogens is 328 g/mol. The summed E-state index contributed by atoms with van der Waals surface area (Å²) in [7, 11) is 0. The first-order chi connectivity index (χ1) is 11.0. The van der Waals surface area contributed by atoms with Crippen LogP contribution in [-0.4, -0.2) is 21.6 Å². The van der Waals surface area contributed by atoms with E-state index < -0.39 is 17.4 Å². The molecule has 0 atom stereocenters. The third-order valence-electron chi connectivity index (χ3n) is 2.89. The summed E-state index contributed by atoms with van der Waals surface area (Å²) >= 11 is 0.202. The number of oxazole rings is 1. The zero-order valence-corrected chi connectivity index (χ0v) is 12.2. The summed E-state index contributed by atoms with van der Waals surface area (Å²) in [4.78, 5) is 29.6. The number of nitrogens with one attached hydrogen (secondary N) is 2. The predicted molar refractivity (Wildman–Crippen MR) is 80.9 cm³/mol. The van der Waals surface area contributed by atoms with Gasteiger partial charge in [-0.3, -0.25) is 9.78 Å². The molecule has 0 spiro atoms. The summed E-state index contributed by atoms with van der Waals surface area (Å²) in [6.07, 6.45) is 1.34. The van der Waals surface area contributed by atoms with Crippen LogP contribution in [0.4, 0.5) is 14.5 Å². The Kier molecular flexibility index (Phi) is 4.11. The summed E-state index contributed by atoms with van der Waals surface area (Å²) in [6, 6.07) is 7.45. The topological polar surface area (TPSA) is 88.0 Å². The standard InChI is InChI=1S/C14H9F2N3O3S/c15-13(16)23-12-8(2-1-5-17-12)11(20)18-7-3-4-10-9(6-7)19-14(21)22-10/h1-6,13H,(H,18,20)(H,19,21). The van der Waals surface area contributed by atoms with Crippen molar-refractivity contribution in [3.8, 4) is 0 Å². The van der Waals surface area contributed by atoms with Gasteiger partial charge in [-0.1, -0.05) is 0 Å². The van der Waals surface area contributed by atoms with Crippen molar-refractivity contribution >= 4 is 34.5 Å². The van der Waals surface area contributed by atoms with Crippen LogP contribution in [0.25, 0.3) is 11.1 Å². The number of hydrogen-bond donors (Lipinski definition) is 2. The zero-order chi connectivity index (χ0) is 16.4. The van der Waals surface area contributed by atoms with Gasteiger partial charge in [0, 0.05) is 11.9 Å². The fraction of sp³-hybridized carbons (Fsp3) is 0.0714. The normalized spacial score (nSPS) is 11.1. The lowest BCUT2D eigenvalue weighted by Crippen LogP contribution is -2.13. The molecule has 0 bridgehead atoms. The molecule has 1 amide bonds. The smallest absolute Gasteiger partial charge is 0.408 e. The summed E-state index contributed by atoms with van der Waals surface area (Å²) < 4.78 is 29.9. The van der Waals surface area contributed by atoms with Crippen molar-refractivity contribution in [2.75, 3.05) is 5.32 Å². The minimum absolute atomic E-state index is 0.0404. The SMILES string of the molecule is O=C(Nc1ccc2oc(=O)[nH]c2c1)c1cccnc1SC(F)F. The lowest BCUT2D eigenvalue weighted by molar-refractivity contribution is 0.102. The fourth-order valence-corrected chi connectivity index (χ4v) is 2.55. The average Bonchev–Trinajstić information content (AvgIpc) is 2.86. The highest BCUT2D eigenvalue weighted by Gasteiger charge is 2.17. The summed E-state index contributed by atoms with van der Waals surface area (Å²) in [5.74, 6) is -3.86. The van der Waals surface area contributed by atoms with Crippen LogP contribution in [0.2, 0.25) is 0 Å². The lowest BCUT2D eigenvalue weighted by Gasteiger charge is -2.08. The van der Waals surface area contributed by atoms with Gasteiger partial charge in [0.25, 0.3) is 11.7 Å². The number of carbonyl (C=O) groups excluding carboxylic acids is 1. The Morgan fingerprint density at radius 1 is 1.35 bits per heavy atom. The highest BCUT2D eigenvalue weighted by molar-refractivity contribution is 7.99. The second-order valence-electron chi connectivity index (χ2n) is 4.41. The molecule has 2 aromatic heterocycles. The molecule has 0 aliphatic rings. The van der Waals surface area contributed by atoms with Crippen LogP contribution < -0.4 is 11.1 Å². The minimum atomic E-state index is -2.68. The number of H-pyrrole nitrogens is 1. The van der Waals surface area contributed by atoms with Gasteiger partial charge in [0.2, 0.25) is 0 Å². The molecule has 0 unspecified atom stereocenters. The van der Waals surface area contributed by atoms with Crippen LogP contribution in [-0.2, 0) is 0 Å². The molecule has 118 valence electrons. The van der Waals surface area contributed by atoms with E-state index in [2.05, 4.69) is 15.3 Å². The number of nitrogens with zero attached hydrogens (tertiary/aromatic N) is 1. The molecule has 0 aliphatic heterocycles. The molecule has 0 aliphatic carbocycles. The largest absolute Gasteiger partial charge is 0.417 e. The van der Waals surface area contributed by atoms with Gasteiger partial charge in [-0.2, -0.15) is 8.78 Å². The predicted octanol–water partition coefficient (Wildman–Crippen LogP) is 3.08. The first-order valence-electron chi connectivity index (χ1n) is 6.37. The number of alkyl halides is 2. The minimum Gasteiger partial charge on any atom is -0.408 e. The molecule has 0 saturated heterocycles. The van der Waals surface area contributed by atoms with E-state index in [-0.39, 0.29) is 22.4 Å². The second-order valence-corrected chi connectivity index (χ2v) is 5.39. The van der Waals surface area contributed by atoms with Crippen LogP contribution in [0.5, 0.6) is 0 Å². The van der Waals surface area contributed by atoms with E-state index >= 15 is 0 Å². The molecule has 2 N–H and O–H groups in total. The van der Waals surface area contributed by atoms with Crippen LogP contribution in [0, 0.1) is 0 Å². The fourth-order valence-electron chi connectivity index (χ4n) is 1.97. The van der Waals surface area contributed by atoms with Crippen molar-refractivity contribution in [1.29, 1.82) is 0 Å². The maximum Gasteiger partial charge on any atom is 0.417 e. The van der Waals surface area contributed by atoms with E-state index in [1.807, 2.05) is 0 Å². The van der Waals surface area contributed by atoms with Crippen molar-refractivity contribution in [3.63, 3.8) is 0 Å². The van der Waals surface area contributed by atoms with Gasteiger partial charge in [0.05, 0.1) is 11.1 Å². The van der Waals surface area contributed by atoms with E-state index in [0.29, 0.717) is 16.8 Å². The van der Waals surface area contributed by atoms with Crippen molar-refractivity contribution < 1.29 is 18.0 Å². The Morgan fingerprint density at radius 3 is 2.96 bits per heavy atom. The number of benzene rings is 1. The van der Waals surface area contributed by atoms with Crippen molar-refractivity contribution in [2.24, 2.45) is 0 Å². The molecule has 0 fully saturated rings. The summed E-state index contributed by atoms with van der Waals surface area (Å²) in [6.45, 7) is 0. The van der Waals surface area contributed by atoms with Gasteiger partial charge < -0.3 is 9.73 Å². The van der Waals surface area contributed by atoms with Crippen molar-refractivity contribution in [1.82, 2.24) is 9.97 Å². The number of aromatic amines is 1. The first kappa shape index (κ1) is 15.2. The number of hydrogen-bond acceptors (Lipinski definition) is 5. The second kappa shape index (κ2) is 6.21. The number of rotatable bonds is 4. The van der Waals surface area contributed by atoms with Crippen LogP contribution in [0.3, 0.4) is 0 Å². The summed E-state index contributed by atoms with van der Waals surface area (Å²) in [5, 5.41) is 2.51. The Balaban J connectivity index is 1.87. The lowest BCUT2D eigenvalue weighted by atomic mass is 10.2. The average molecular weight is 337 g/mol. The van der Waals surface area contributed by atoms with Gasteiger partial charge >= 0.3 is 5.76 Å². The molecule has 0 radical (unpaired) electrons. The third-order valence-corrected chi connectivity index (χ3v) is 3.62. The van der Waals surface area contributed by atoms with Gasteiger partial charge in [-0.25, -0.2) is 9.78 Å². The molecule has 9 heteroatoms. The molecule has 3 rings (SSSR count). The van der Waals surface area contributed by atoms with Crippen LogP contribution in [0.1, 0.15) is 10.4 Å². The Morgan fingerprint density at radius 2 is 2.17 bits per heavy atom. The quantitative estimate of drug-likeness (QED) is 0.714. The monoisotopic (exact) mass is 337 g/mol. The van der Waals surface area contributed by atoms with Gasteiger partial charge in [-0.05, 0) is 42.1 Å². The van der Waals surface area contributed by atoms with Crippen LogP contribution in [0.15, 0.2) is 50.8 Å². The highest BCUT2D eigenvalue weighted by Crippen LogP contribution is 2.27. The number of aromatic nitrogens is 2. The number of anilines is 1. The number of pyridine rings is 1. The third kappa shape index (κ3) is 3.39. The maximum absolute atomic E-state index is 12.5. The molecule has 23 heavy (non-hydrogen) atoms. The number of fused-ring (bicyclic) bond motifs is 1. The van der Waals surface area contributed by atoms with Gasteiger partial charge in [-0.15, -0.1) is 0 Å². The van der Waals surface area contributed by atoms with E-state index in [9.17, 15) is 18.4 Å². The molecule has 3 aromatic rings. The van der Waals surface area contributed by atoms with E-state index in [1.165, 1.54) is 36.5 Å². The van der Waals surface area contributed by atoms with E-state index in [4.69, 9.17) is 4.42 Å². The molecular formula is C14H9F2N3O3S. The molecule has 6 nitrogen and oxygen atoms in total. The van der Waals surface area contributed by atoms with Crippen LogP contribution >= 0.6 is 11.8 Å².